The molecule has 0 saturated carbocycles. The summed E-state index contributed by atoms with van der Waals surface area (Å²) in [5.41, 5.74) is -0.0131. The van der Waals surface area contributed by atoms with Crippen LogP contribution in [-0.4, -0.2) is 24.4 Å². The van der Waals surface area contributed by atoms with Gasteiger partial charge in [0.05, 0.1) is 15.6 Å². The van der Waals surface area contributed by atoms with Gasteiger partial charge in [0.2, 0.25) is 5.91 Å². The van der Waals surface area contributed by atoms with Crippen LogP contribution in [0.5, 0.6) is 0 Å². The molecule has 0 aliphatic rings. The summed E-state index contributed by atoms with van der Waals surface area (Å²) in [6, 6.07) is 2.23. The van der Waals surface area contributed by atoms with Crippen molar-refractivity contribution in [1.29, 1.82) is 0 Å². The smallest absolute Gasteiger partial charge is 0.252 e. The van der Waals surface area contributed by atoms with Gasteiger partial charge < -0.3 is 10.6 Å². The molecule has 4 nitrogen and oxygen atoms in total. The SMILES string of the molecule is CCC(C)NC(=O)CCNC(=O)c1cc(F)c(Cl)cc1Cl. The fraction of sp³-hybridized carbons (Fsp3) is 0.429. The summed E-state index contributed by atoms with van der Waals surface area (Å²) in [6.07, 6.45) is 0.974. The maximum absolute atomic E-state index is 13.3. The molecular formula is C14H17Cl2FN2O2. The monoisotopic (exact) mass is 334 g/mol. The molecule has 0 saturated heterocycles. The summed E-state index contributed by atoms with van der Waals surface area (Å²) < 4.78 is 13.3. The van der Waals surface area contributed by atoms with Gasteiger partial charge in [-0.1, -0.05) is 30.1 Å². The molecule has 0 fully saturated rings. The summed E-state index contributed by atoms with van der Waals surface area (Å²) in [5, 5.41) is 5.20. The number of halogens is 3. The van der Waals surface area contributed by atoms with Crippen molar-refractivity contribution in [3.63, 3.8) is 0 Å². The van der Waals surface area contributed by atoms with Crippen molar-refractivity contribution in [2.24, 2.45) is 0 Å². The fourth-order valence-corrected chi connectivity index (χ4v) is 2.00. The number of benzene rings is 1. The van der Waals surface area contributed by atoms with Crippen molar-refractivity contribution in [1.82, 2.24) is 10.6 Å². The number of nitrogens with one attached hydrogen (secondary N) is 2. The molecule has 0 bridgehead atoms. The quantitative estimate of drug-likeness (QED) is 0.785. The Balaban J connectivity index is 2.51. The van der Waals surface area contributed by atoms with E-state index < -0.39 is 11.7 Å². The Morgan fingerprint density at radius 2 is 1.95 bits per heavy atom. The number of rotatable bonds is 6. The molecule has 1 aromatic rings. The van der Waals surface area contributed by atoms with Crippen LogP contribution in [0.3, 0.4) is 0 Å². The van der Waals surface area contributed by atoms with Crippen LogP contribution >= 0.6 is 23.2 Å². The predicted octanol–water partition coefficient (Wildman–Crippen LogP) is 3.17. The Labute approximate surface area is 133 Å². The summed E-state index contributed by atoms with van der Waals surface area (Å²) in [5.74, 6) is -1.43. The van der Waals surface area contributed by atoms with Gasteiger partial charge in [-0.05, 0) is 25.5 Å². The van der Waals surface area contributed by atoms with Gasteiger partial charge in [-0.25, -0.2) is 4.39 Å². The molecule has 116 valence electrons. The van der Waals surface area contributed by atoms with E-state index in [1.165, 1.54) is 6.07 Å². The molecule has 1 aromatic carbocycles. The van der Waals surface area contributed by atoms with Crippen LogP contribution in [0, 0.1) is 5.82 Å². The number of amides is 2. The molecule has 2 amide bonds. The summed E-state index contributed by atoms with van der Waals surface area (Å²) >= 11 is 11.4. The summed E-state index contributed by atoms with van der Waals surface area (Å²) in [7, 11) is 0. The molecule has 1 unspecified atom stereocenters. The van der Waals surface area contributed by atoms with E-state index in [0.717, 1.165) is 12.5 Å². The second-order valence-corrected chi connectivity index (χ2v) is 5.44. The first kappa shape index (κ1) is 17.7. The lowest BCUT2D eigenvalue weighted by Crippen LogP contribution is -2.35. The predicted molar refractivity (Wildman–Crippen MR) is 81.3 cm³/mol. The van der Waals surface area contributed by atoms with Crippen LogP contribution in [0.4, 0.5) is 4.39 Å². The van der Waals surface area contributed by atoms with Gasteiger partial charge in [-0.3, -0.25) is 9.59 Å². The first-order valence-corrected chi connectivity index (χ1v) is 7.32. The first-order valence-electron chi connectivity index (χ1n) is 6.57. The number of hydrogen-bond donors (Lipinski definition) is 2. The van der Waals surface area contributed by atoms with Crippen LogP contribution < -0.4 is 10.6 Å². The highest BCUT2D eigenvalue weighted by atomic mass is 35.5. The standard InChI is InChI=1S/C14H17Cl2FN2O2/c1-3-8(2)19-13(20)4-5-18-14(21)9-6-12(17)11(16)7-10(9)15/h6-8H,3-5H2,1-2H3,(H,18,21)(H,19,20). The normalized spacial score (nSPS) is 11.9. The molecule has 0 heterocycles. The minimum atomic E-state index is -0.722. The Kier molecular flexibility index (Phi) is 6.92. The first-order chi connectivity index (χ1) is 9.85. The molecule has 21 heavy (non-hydrogen) atoms. The van der Waals surface area contributed by atoms with Crippen molar-refractivity contribution in [3.05, 3.63) is 33.6 Å². The highest BCUT2D eigenvalue weighted by molar-refractivity contribution is 6.36. The summed E-state index contributed by atoms with van der Waals surface area (Å²) in [4.78, 5) is 23.4. The van der Waals surface area contributed by atoms with Gasteiger partial charge in [0.1, 0.15) is 5.82 Å². The third-order valence-corrected chi connectivity index (χ3v) is 3.51. The lowest BCUT2D eigenvalue weighted by atomic mass is 10.2. The molecule has 0 aromatic heterocycles. The average molecular weight is 335 g/mol. The average Bonchev–Trinajstić information content (AvgIpc) is 2.42. The van der Waals surface area contributed by atoms with Gasteiger partial charge in [0.15, 0.2) is 0 Å². The topological polar surface area (TPSA) is 58.2 Å². The van der Waals surface area contributed by atoms with E-state index in [9.17, 15) is 14.0 Å². The van der Waals surface area contributed by atoms with Gasteiger partial charge in [0.25, 0.3) is 5.91 Å². The largest absolute Gasteiger partial charge is 0.354 e. The minimum Gasteiger partial charge on any atom is -0.354 e. The highest BCUT2D eigenvalue weighted by Crippen LogP contribution is 2.24. The fourth-order valence-electron chi connectivity index (χ4n) is 1.53. The Hall–Kier alpha value is -1.33. The molecular weight excluding hydrogens is 318 g/mol. The molecule has 0 aliphatic carbocycles. The van der Waals surface area contributed by atoms with E-state index in [1.54, 1.807) is 0 Å². The van der Waals surface area contributed by atoms with Crippen LogP contribution in [0.2, 0.25) is 10.0 Å². The zero-order valence-corrected chi connectivity index (χ0v) is 13.3. The molecule has 7 heteroatoms. The number of hydrogen-bond acceptors (Lipinski definition) is 2. The second kappa shape index (κ2) is 8.20. The zero-order valence-electron chi connectivity index (χ0n) is 11.8. The van der Waals surface area contributed by atoms with Crippen molar-refractivity contribution >= 4 is 35.0 Å². The lowest BCUT2D eigenvalue weighted by Gasteiger charge is -2.12. The highest BCUT2D eigenvalue weighted by Gasteiger charge is 2.14. The van der Waals surface area contributed by atoms with E-state index in [2.05, 4.69) is 10.6 Å². The van der Waals surface area contributed by atoms with Gasteiger partial charge in [-0.15, -0.1) is 0 Å². The third kappa shape index (κ3) is 5.52. The molecule has 0 radical (unpaired) electrons. The number of carbonyl (C=O) groups excluding carboxylic acids is 2. The van der Waals surface area contributed by atoms with Crippen LogP contribution in [0.15, 0.2) is 12.1 Å². The molecule has 0 spiro atoms. The van der Waals surface area contributed by atoms with Crippen molar-refractivity contribution in [2.75, 3.05) is 6.54 Å². The van der Waals surface area contributed by atoms with E-state index in [0.29, 0.717) is 0 Å². The molecule has 0 aliphatic heterocycles. The maximum Gasteiger partial charge on any atom is 0.252 e. The Morgan fingerprint density at radius 1 is 1.29 bits per heavy atom. The van der Waals surface area contributed by atoms with Crippen LogP contribution in [0.1, 0.15) is 37.0 Å². The van der Waals surface area contributed by atoms with Crippen molar-refractivity contribution in [2.45, 2.75) is 32.7 Å². The Morgan fingerprint density at radius 3 is 2.57 bits per heavy atom. The van der Waals surface area contributed by atoms with E-state index in [1.807, 2.05) is 13.8 Å². The summed E-state index contributed by atoms with van der Waals surface area (Å²) in [6.45, 7) is 4.00. The maximum atomic E-state index is 13.3. The van der Waals surface area contributed by atoms with Crippen LogP contribution in [0.25, 0.3) is 0 Å². The van der Waals surface area contributed by atoms with Gasteiger partial charge >= 0.3 is 0 Å². The van der Waals surface area contributed by atoms with Gasteiger partial charge in [-0.2, -0.15) is 0 Å². The third-order valence-electron chi connectivity index (χ3n) is 2.91. The minimum absolute atomic E-state index is 0.0131. The number of carbonyl (C=O) groups is 2. The van der Waals surface area contributed by atoms with Gasteiger partial charge in [0, 0.05) is 19.0 Å². The molecule has 1 atom stereocenters. The van der Waals surface area contributed by atoms with Crippen molar-refractivity contribution in [3.8, 4) is 0 Å². The Bertz CT molecular complexity index is 538. The van der Waals surface area contributed by atoms with E-state index >= 15 is 0 Å². The van der Waals surface area contributed by atoms with E-state index in [-0.39, 0.29) is 40.5 Å². The lowest BCUT2D eigenvalue weighted by molar-refractivity contribution is -0.121. The zero-order chi connectivity index (χ0) is 16.0. The molecule has 2 N–H and O–H groups in total. The molecule has 1 rings (SSSR count). The second-order valence-electron chi connectivity index (χ2n) is 4.63. The van der Waals surface area contributed by atoms with E-state index in [4.69, 9.17) is 23.2 Å². The van der Waals surface area contributed by atoms with Crippen molar-refractivity contribution < 1.29 is 14.0 Å². The van der Waals surface area contributed by atoms with Crippen LogP contribution in [-0.2, 0) is 4.79 Å².